The Morgan fingerprint density at radius 3 is 2.90 bits per heavy atom. The molecule has 0 bridgehead atoms. The molecule has 2 rings (SSSR count). The first-order chi connectivity index (χ1) is 9.49. The summed E-state index contributed by atoms with van der Waals surface area (Å²) in [4.78, 5) is 14.3. The van der Waals surface area contributed by atoms with E-state index in [0.717, 1.165) is 18.8 Å². The van der Waals surface area contributed by atoms with Gasteiger partial charge < -0.3 is 14.6 Å². The molecule has 112 valence electrons. The number of nitrogens with one attached hydrogen (secondary N) is 1. The van der Waals surface area contributed by atoms with Gasteiger partial charge in [0.2, 0.25) is 5.91 Å². The highest BCUT2D eigenvalue weighted by molar-refractivity contribution is 5.78. The van der Waals surface area contributed by atoms with Crippen molar-refractivity contribution in [1.82, 2.24) is 15.4 Å². The molecule has 2 atom stereocenters. The van der Waals surface area contributed by atoms with Crippen molar-refractivity contribution < 1.29 is 14.1 Å². The molecule has 1 aliphatic rings. The number of hydrogen-bond acceptors (Lipinski definition) is 5. The first kappa shape index (κ1) is 15.0. The fourth-order valence-corrected chi connectivity index (χ4v) is 2.52. The number of methoxy groups -OCH3 is 1. The van der Waals surface area contributed by atoms with E-state index in [-0.39, 0.29) is 24.5 Å². The molecule has 6 heteroatoms. The summed E-state index contributed by atoms with van der Waals surface area (Å²) in [6.07, 6.45) is 0.257. The maximum Gasteiger partial charge on any atom is 0.228 e. The quantitative estimate of drug-likeness (QED) is 0.862. The van der Waals surface area contributed by atoms with E-state index in [9.17, 15) is 4.79 Å². The van der Waals surface area contributed by atoms with Crippen molar-refractivity contribution in [2.75, 3.05) is 20.2 Å². The predicted octanol–water partition coefficient (Wildman–Crippen LogP) is 0.749. The molecule has 0 spiro atoms. The zero-order chi connectivity index (χ0) is 14.7. The lowest BCUT2D eigenvalue weighted by Gasteiger charge is -2.19. The minimum absolute atomic E-state index is 0.0268. The molecule has 6 nitrogen and oxygen atoms in total. The average molecular weight is 281 g/mol. The van der Waals surface area contributed by atoms with E-state index < -0.39 is 0 Å². The smallest absolute Gasteiger partial charge is 0.228 e. The second kappa shape index (κ2) is 6.37. The van der Waals surface area contributed by atoms with E-state index in [2.05, 4.69) is 29.2 Å². The Bertz CT molecular complexity index is 458. The Morgan fingerprint density at radius 2 is 2.35 bits per heavy atom. The van der Waals surface area contributed by atoms with Crippen molar-refractivity contribution in [2.45, 2.75) is 45.4 Å². The summed E-state index contributed by atoms with van der Waals surface area (Å²) in [7, 11) is 1.69. The standard InChI is InChI=1S/C14H23N3O3/c1-9(2)17-7-12(13(8-17)19-4)15-14(18)6-11-5-10(3)16-20-11/h5,9,12-13H,6-8H2,1-4H3,(H,15,18)/t12-,13-/m0/s1. The van der Waals surface area contributed by atoms with Gasteiger partial charge in [-0.2, -0.15) is 0 Å². The Labute approximate surface area is 119 Å². The molecule has 0 saturated carbocycles. The van der Waals surface area contributed by atoms with E-state index in [1.54, 1.807) is 13.2 Å². The molecule has 0 unspecified atom stereocenters. The maximum absolute atomic E-state index is 12.0. The summed E-state index contributed by atoms with van der Waals surface area (Å²) in [5, 5.41) is 6.81. The predicted molar refractivity (Wildman–Crippen MR) is 74.4 cm³/mol. The highest BCUT2D eigenvalue weighted by Crippen LogP contribution is 2.16. The van der Waals surface area contributed by atoms with Gasteiger partial charge in [0.1, 0.15) is 5.76 Å². The van der Waals surface area contributed by atoms with Crippen LogP contribution in [-0.2, 0) is 16.0 Å². The minimum atomic E-state index is -0.0567. The normalized spacial score (nSPS) is 23.4. The molecule has 1 aromatic heterocycles. The molecule has 20 heavy (non-hydrogen) atoms. The van der Waals surface area contributed by atoms with Crippen molar-refractivity contribution in [3.8, 4) is 0 Å². The minimum Gasteiger partial charge on any atom is -0.378 e. The molecule has 1 amide bonds. The van der Waals surface area contributed by atoms with Gasteiger partial charge in [0.15, 0.2) is 0 Å². The van der Waals surface area contributed by atoms with Gasteiger partial charge in [-0.1, -0.05) is 5.16 Å². The van der Waals surface area contributed by atoms with Crippen molar-refractivity contribution in [3.63, 3.8) is 0 Å². The summed E-state index contributed by atoms with van der Waals surface area (Å²) >= 11 is 0. The van der Waals surface area contributed by atoms with Gasteiger partial charge in [0, 0.05) is 32.3 Å². The second-order valence-electron chi connectivity index (χ2n) is 5.61. The van der Waals surface area contributed by atoms with E-state index in [1.807, 2.05) is 6.92 Å². The lowest BCUT2D eigenvalue weighted by Crippen LogP contribution is -2.44. The molecule has 1 aliphatic heterocycles. The number of carbonyl (C=O) groups is 1. The molecular formula is C14H23N3O3. The molecule has 0 radical (unpaired) electrons. The lowest BCUT2D eigenvalue weighted by molar-refractivity contribution is -0.122. The lowest BCUT2D eigenvalue weighted by atomic mass is 10.2. The first-order valence-electron chi connectivity index (χ1n) is 6.98. The molecular weight excluding hydrogens is 258 g/mol. The van der Waals surface area contributed by atoms with Gasteiger partial charge in [0.05, 0.1) is 24.3 Å². The summed E-state index contributed by atoms with van der Waals surface area (Å²) in [6, 6.07) is 2.26. The van der Waals surface area contributed by atoms with Crippen molar-refractivity contribution in [2.24, 2.45) is 0 Å². The van der Waals surface area contributed by atoms with Crippen LogP contribution in [-0.4, -0.2) is 54.4 Å². The van der Waals surface area contributed by atoms with Crippen LogP contribution in [0.15, 0.2) is 10.6 Å². The third kappa shape index (κ3) is 3.58. The summed E-state index contributed by atoms with van der Waals surface area (Å²) < 4.78 is 10.5. The highest BCUT2D eigenvalue weighted by Gasteiger charge is 2.34. The van der Waals surface area contributed by atoms with Crippen molar-refractivity contribution in [3.05, 3.63) is 17.5 Å². The van der Waals surface area contributed by atoms with Crippen LogP contribution >= 0.6 is 0 Å². The third-order valence-corrected chi connectivity index (χ3v) is 3.69. The molecule has 0 aromatic carbocycles. The summed E-state index contributed by atoms with van der Waals surface area (Å²) in [6.45, 7) is 7.80. The van der Waals surface area contributed by atoms with Gasteiger partial charge in [-0.3, -0.25) is 9.69 Å². The Balaban J connectivity index is 1.89. The van der Waals surface area contributed by atoms with Crippen molar-refractivity contribution in [1.29, 1.82) is 0 Å². The zero-order valence-corrected chi connectivity index (χ0v) is 12.5. The summed E-state index contributed by atoms with van der Waals surface area (Å²) in [5.74, 6) is 0.534. The largest absolute Gasteiger partial charge is 0.378 e. The van der Waals surface area contributed by atoms with E-state index in [4.69, 9.17) is 9.26 Å². The molecule has 1 fully saturated rings. The number of ether oxygens (including phenoxy) is 1. The molecule has 0 aliphatic carbocycles. The number of rotatable bonds is 5. The number of carbonyl (C=O) groups excluding carboxylic acids is 1. The van der Waals surface area contributed by atoms with Crippen LogP contribution in [0.25, 0.3) is 0 Å². The van der Waals surface area contributed by atoms with E-state index >= 15 is 0 Å². The number of nitrogens with zero attached hydrogens (tertiary/aromatic N) is 2. The fourth-order valence-electron chi connectivity index (χ4n) is 2.52. The van der Waals surface area contributed by atoms with Crippen LogP contribution in [0.1, 0.15) is 25.3 Å². The SMILES string of the molecule is CO[C@H]1CN(C(C)C)C[C@@H]1NC(=O)Cc1cc(C)no1. The number of hydrogen-bond donors (Lipinski definition) is 1. The molecule has 1 N–H and O–H groups in total. The molecule has 1 aromatic rings. The van der Waals surface area contributed by atoms with E-state index in [1.165, 1.54) is 0 Å². The van der Waals surface area contributed by atoms with Gasteiger partial charge in [-0.15, -0.1) is 0 Å². The van der Waals surface area contributed by atoms with Crippen LogP contribution in [0.3, 0.4) is 0 Å². The van der Waals surface area contributed by atoms with Crippen LogP contribution in [0.4, 0.5) is 0 Å². The molecule has 2 heterocycles. The number of likely N-dealkylation sites (tertiary alicyclic amines) is 1. The van der Waals surface area contributed by atoms with Gasteiger partial charge in [-0.05, 0) is 20.8 Å². The van der Waals surface area contributed by atoms with E-state index in [0.29, 0.717) is 11.8 Å². The summed E-state index contributed by atoms with van der Waals surface area (Å²) in [5.41, 5.74) is 0.786. The number of aromatic nitrogens is 1. The van der Waals surface area contributed by atoms with Crippen LogP contribution < -0.4 is 5.32 Å². The molecule has 1 saturated heterocycles. The number of amides is 1. The third-order valence-electron chi connectivity index (χ3n) is 3.69. The first-order valence-corrected chi connectivity index (χ1v) is 6.98. The highest BCUT2D eigenvalue weighted by atomic mass is 16.5. The monoisotopic (exact) mass is 281 g/mol. The Kier molecular flexibility index (Phi) is 4.77. The maximum atomic E-state index is 12.0. The Morgan fingerprint density at radius 1 is 1.60 bits per heavy atom. The van der Waals surface area contributed by atoms with Crippen LogP contribution in [0.5, 0.6) is 0 Å². The van der Waals surface area contributed by atoms with Crippen LogP contribution in [0.2, 0.25) is 0 Å². The van der Waals surface area contributed by atoms with Gasteiger partial charge in [0.25, 0.3) is 0 Å². The topological polar surface area (TPSA) is 67.6 Å². The average Bonchev–Trinajstić information content (AvgIpc) is 2.96. The van der Waals surface area contributed by atoms with Crippen LogP contribution in [0, 0.1) is 6.92 Å². The van der Waals surface area contributed by atoms with Gasteiger partial charge in [-0.25, -0.2) is 0 Å². The Hall–Kier alpha value is -1.40. The number of aryl methyl sites for hydroxylation is 1. The van der Waals surface area contributed by atoms with Gasteiger partial charge >= 0.3 is 0 Å². The second-order valence-corrected chi connectivity index (χ2v) is 5.61. The fraction of sp³-hybridized carbons (Fsp3) is 0.714. The zero-order valence-electron chi connectivity index (χ0n) is 12.5. The van der Waals surface area contributed by atoms with Crippen molar-refractivity contribution >= 4 is 5.91 Å².